The van der Waals surface area contributed by atoms with Gasteiger partial charge >= 0.3 is 0 Å². The van der Waals surface area contributed by atoms with Crippen molar-refractivity contribution >= 4 is 39.1 Å². The number of benzene rings is 4. The average Bonchev–Trinajstić information content (AvgIpc) is 3.01. The van der Waals surface area contributed by atoms with Gasteiger partial charge in [0.25, 0.3) is 5.91 Å². The monoisotopic (exact) mass is 621 g/mol. The number of aryl methyl sites for hydroxylation is 1. The third-order valence-corrected chi connectivity index (χ3v) is 9.20. The molecule has 1 aliphatic rings. The summed E-state index contributed by atoms with van der Waals surface area (Å²) in [4.78, 5) is 28.3. The molecule has 4 aromatic carbocycles. The van der Waals surface area contributed by atoms with Gasteiger partial charge < -0.3 is 15.0 Å². The number of ether oxygens (including phenoxy) is 1. The Morgan fingerprint density at radius 2 is 1.67 bits per heavy atom. The second kappa shape index (κ2) is 12.9. The van der Waals surface area contributed by atoms with E-state index in [4.69, 9.17) is 16.3 Å². The van der Waals surface area contributed by atoms with Crippen molar-refractivity contribution in [3.8, 4) is 5.75 Å². The standard InChI is InChI=1S/C32H29ClFN3O5S/c1-22-14-16-24(17-15-22)43(40,41)36(19-25-26(33)10-7-11-27(25)34)21-31(38)37-20-30(42-29-13-6-5-12-28(29)37)32(39)35-18-23-8-3-2-4-9-23/h2-17,30H,18-21H2,1H3,(H,35,39)/t30-/m0/s1. The molecule has 1 heterocycles. The smallest absolute Gasteiger partial charge is 0.263 e. The second-order valence-electron chi connectivity index (χ2n) is 10.1. The normalized spacial score (nSPS) is 14.6. The Balaban J connectivity index is 1.43. The summed E-state index contributed by atoms with van der Waals surface area (Å²) in [5.74, 6) is -1.46. The zero-order chi connectivity index (χ0) is 30.6. The molecule has 0 spiro atoms. The van der Waals surface area contributed by atoms with Crippen molar-refractivity contribution in [3.63, 3.8) is 0 Å². The van der Waals surface area contributed by atoms with Gasteiger partial charge in [0.05, 0.1) is 23.7 Å². The van der Waals surface area contributed by atoms with Gasteiger partial charge in [0.1, 0.15) is 11.6 Å². The van der Waals surface area contributed by atoms with Gasteiger partial charge in [-0.05, 0) is 48.9 Å². The first-order chi connectivity index (χ1) is 20.6. The van der Waals surface area contributed by atoms with Crippen molar-refractivity contribution in [2.45, 2.75) is 31.0 Å². The highest BCUT2D eigenvalue weighted by Crippen LogP contribution is 2.34. The number of nitrogens with zero attached hydrogens (tertiary/aromatic N) is 2. The van der Waals surface area contributed by atoms with Crippen LogP contribution in [0.1, 0.15) is 16.7 Å². The maximum absolute atomic E-state index is 14.8. The number of hydrogen-bond acceptors (Lipinski definition) is 5. The van der Waals surface area contributed by atoms with E-state index in [-0.39, 0.29) is 28.6 Å². The zero-order valence-corrected chi connectivity index (χ0v) is 24.8. The van der Waals surface area contributed by atoms with E-state index in [1.165, 1.54) is 35.2 Å². The molecule has 5 rings (SSSR count). The van der Waals surface area contributed by atoms with Gasteiger partial charge in [-0.3, -0.25) is 9.59 Å². The van der Waals surface area contributed by atoms with Crippen molar-refractivity contribution in [3.05, 3.63) is 125 Å². The van der Waals surface area contributed by atoms with Crippen LogP contribution in [0.3, 0.4) is 0 Å². The molecule has 1 aliphatic heterocycles. The number of nitrogens with one attached hydrogen (secondary N) is 1. The van der Waals surface area contributed by atoms with Gasteiger partial charge in [0.15, 0.2) is 6.10 Å². The van der Waals surface area contributed by atoms with Crippen molar-refractivity contribution in [2.24, 2.45) is 0 Å². The third kappa shape index (κ3) is 6.88. The van der Waals surface area contributed by atoms with Gasteiger partial charge in [-0.1, -0.05) is 77.8 Å². The van der Waals surface area contributed by atoms with Crippen molar-refractivity contribution in [1.29, 1.82) is 0 Å². The molecule has 0 saturated heterocycles. The predicted molar refractivity (Wildman–Crippen MR) is 162 cm³/mol. The first kappa shape index (κ1) is 30.2. The predicted octanol–water partition coefficient (Wildman–Crippen LogP) is 5.09. The minimum Gasteiger partial charge on any atom is -0.477 e. The molecular formula is C32H29ClFN3O5S. The van der Waals surface area contributed by atoms with Gasteiger partial charge in [0.2, 0.25) is 15.9 Å². The van der Waals surface area contributed by atoms with E-state index in [9.17, 15) is 22.4 Å². The van der Waals surface area contributed by atoms with E-state index in [2.05, 4.69) is 5.32 Å². The number of amides is 2. The number of anilines is 1. The maximum Gasteiger partial charge on any atom is 0.263 e. The molecule has 1 atom stereocenters. The van der Waals surface area contributed by atoms with E-state index in [0.29, 0.717) is 11.4 Å². The minimum atomic E-state index is -4.28. The van der Waals surface area contributed by atoms with Crippen molar-refractivity contribution in [2.75, 3.05) is 18.0 Å². The molecule has 2 amide bonds. The number of rotatable bonds is 9. The number of fused-ring (bicyclic) bond motifs is 1. The van der Waals surface area contributed by atoms with E-state index < -0.39 is 46.8 Å². The van der Waals surface area contributed by atoms with E-state index in [1.54, 1.807) is 36.4 Å². The molecule has 0 aliphatic carbocycles. The number of carbonyl (C=O) groups is 2. The fraction of sp³-hybridized carbons (Fsp3) is 0.188. The zero-order valence-electron chi connectivity index (χ0n) is 23.2. The fourth-order valence-electron chi connectivity index (χ4n) is 4.69. The second-order valence-corrected chi connectivity index (χ2v) is 12.4. The van der Waals surface area contributed by atoms with Gasteiger partial charge in [-0.25, -0.2) is 12.8 Å². The molecule has 222 valence electrons. The molecule has 0 aromatic heterocycles. The van der Waals surface area contributed by atoms with Crippen LogP contribution < -0.4 is 15.0 Å². The summed E-state index contributed by atoms with van der Waals surface area (Å²) >= 11 is 6.25. The Bertz CT molecular complexity index is 1720. The maximum atomic E-state index is 14.8. The van der Waals surface area contributed by atoms with Crippen molar-refractivity contribution in [1.82, 2.24) is 9.62 Å². The lowest BCUT2D eigenvalue weighted by Gasteiger charge is -2.35. The highest BCUT2D eigenvalue weighted by molar-refractivity contribution is 7.89. The van der Waals surface area contributed by atoms with E-state index in [0.717, 1.165) is 15.4 Å². The molecule has 0 bridgehead atoms. The topological polar surface area (TPSA) is 96.0 Å². The molecule has 43 heavy (non-hydrogen) atoms. The Labute approximate surface area is 254 Å². The quantitative estimate of drug-likeness (QED) is 0.281. The van der Waals surface area contributed by atoms with Crippen molar-refractivity contribution < 1.29 is 27.1 Å². The third-order valence-electron chi connectivity index (χ3n) is 7.04. The van der Waals surface area contributed by atoms with E-state index >= 15 is 0 Å². The van der Waals surface area contributed by atoms with Crippen LogP contribution in [0.15, 0.2) is 102 Å². The lowest BCUT2D eigenvalue weighted by Crippen LogP contribution is -2.52. The van der Waals surface area contributed by atoms with Gasteiger partial charge in [-0.15, -0.1) is 0 Å². The van der Waals surface area contributed by atoms with Crippen LogP contribution >= 0.6 is 11.6 Å². The summed E-state index contributed by atoms with van der Waals surface area (Å²) < 4.78 is 49.3. The van der Waals surface area contributed by atoms with Crippen LogP contribution in [0.5, 0.6) is 5.75 Å². The van der Waals surface area contributed by atoms with Gasteiger partial charge in [0, 0.05) is 23.7 Å². The Hall–Kier alpha value is -4.25. The summed E-state index contributed by atoms with van der Waals surface area (Å²) in [5, 5.41) is 2.86. The van der Waals surface area contributed by atoms with Crippen LogP contribution in [0.2, 0.25) is 5.02 Å². The Morgan fingerprint density at radius 1 is 0.977 bits per heavy atom. The van der Waals surface area contributed by atoms with E-state index in [1.807, 2.05) is 37.3 Å². The molecule has 4 aromatic rings. The molecule has 0 unspecified atom stereocenters. The minimum absolute atomic E-state index is 0.0309. The number of sulfonamides is 1. The highest BCUT2D eigenvalue weighted by Gasteiger charge is 2.36. The SMILES string of the molecule is Cc1ccc(S(=O)(=O)N(CC(=O)N2C[C@@H](C(=O)NCc3ccccc3)Oc3ccccc32)Cc2c(F)cccc2Cl)cc1. The summed E-state index contributed by atoms with van der Waals surface area (Å²) in [6.07, 6.45) is -1.05. The molecule has 11 heteroatoms. The summed E-state index contributed by atoms with van der Waals surface area (Å²) in [6, 6.07) is 26.2. The molecule has 0 saturated carbocycles. The molecule has 0 fully saturated rings. The number of hydrogen-bond donors (Lipinski definition) is 1. The summed E-state index contributed by atoms with van der Waals surface area (Å²) in [6.45, 7) is 0.795. The van der Waals surface area contributed by atoms with Gasteiger partial charge in [-0.2, -0.15) is 4.31 Å². The van der Waals surface area contributed by atoms with Crippen LogP contribution in [0, 0.1) is 12.7 Å². The lowest BCUT2D eigenvalue weighted by molar-refractivity contribution is -0.128. The summed E-state index contributed by atoms with van der Waals surface area (Å²) in [7, 11) is -4.28. The van der Waals surface area contributed by atoms with Crippen LogP contribution in [-0.2, 0) is 32.7 Å². The highest BCUT2D eigenvalue weighted by atomic mass is 35.5. The first-order valence-electron chi connectivity index (χ1n) is 13.5. The number of carbonyl (C=O) groups excluding carboxylic acids is 2. The summed E-state index contributed by atoms with van der Waals surface area (Å²) in [5.41, 5.74) is 2.06. The van der Waals surface area contributed by atoms with Crippen LogP contribution in [-0.4, -0.2) is 43.7 Å². The number of para-hydroxylation sites is 2. The average molecular weight is 622 g/mol. The Morgan fingerprint density at radius 3 is 2.40 bits per heavy atom. The van der Waals surface area contributed by atoms with Crippen LogP contribution in [0.4, 0.5) is 10.1 Å². The Kier molecular flexibility index (Phi) is 9.10. The molecular weight excluding hydrogens is 593 g/mol. The molecule has 1 N–H and O–H groups in total. The first-order valence-corrected chi connectivity index (χ1v) is 15.3. The molecule has 8 nitrogen and oxygen atoms in total. The molecule has 0 radical (unpaired) electrons. The van der Waals surface area contributed by atoms with Crippen LogP contribution in [0.25, 0.3) is 0 Å². The lowest BCUT2D eigenvalue weighted by atomic mass is 10.1. The number of halogens is 2. The fourth-order valence-corrected chi connectivity index (χ4v) is 6.27. The largest absolute Gasteiger partial charge is 0.477 e.